The Morgan fingerprint density at radius 3 is 2.42 bits per heavy atom. The van der Waals surface area contributed by atoms with Gasteiger partial charge in [0.2, 0.25) is 0 Å². The monoisotopic (exact) mass is 263 g/mol. The van der Waals surface area contributed by atoms with E-state index < -0.39 is 0 Å². The molecule has 3 nitrogen and oxygen atoms in total. The quantitative estimate of drug-likeness (QED) is 0.801. The van der Waals surface area contributed by atoms with Crippen LogP contribution in [0.1, 0.15) is 39.2 Å². The summed E-state index contributed by atoms with van der Waals surface area (Å²) >= 11 is 0. The molecule has 0 aliphatic carbocycles. The highest BCUT2D eigenvalue weighted by Crippen LogP contribution is 2.22. The molecule has 1 aromatic rings. The average molecular weight is 263 g/mol. The summed E-state index contributed by atoms with van der Waals surface area (Å²) in [4.78, 5) is 11.5. The van der Waals surface area contributed by atoms with Crippen LogP contribution in [0.2, 0.25) is 0 Å². The van der Waals surface area contributed by atoms with Gasteiger partial charge in [0.1, 0.15) is 0 Å². The van der Waals surface area contributed by atoms with Gasteiger partial charge in [0.15, 0.2) is 0 Å². The summed E-state index contributed by atoms with van der Waals surface area (Å²) in [5.74, 6) is -0.158. The summed E-state index contributed by atoms with van der Waals surface area (Å²) < 4.78 is 4.77. The van der Waals surface area contributed by atoms with Crippen LogP contribution in [0.5, 0.6) is 0 Å². The molecule has 0 aliphatic rings. The fourth-order valence-corrected chi connectivity index (χ4v) is 2.10. The standard InChI is InChI=1S/C16H25NO2/c1-16(2,3)11-14(10-15(18)19-4)17-12-13-8-6-5-7-9-13/h5-9,14,17H,10-12H2,1-4H3. The molecule has 0 fully saturated rings. The number of carbonyl (C=O) groups is 1. The number of esters is 1. The molecule has 19 heavy (non-hydrogen) atoms. The van der Waals surface area contributed by atoms with Crippen LogP contribution in [-0.2, 0) is 16.1 Å². The second-order valence-electron chi connectivity index (χ2n) is 6.11. The zero-order valence-corrected chi connectivity index (χ0v) is 12.4. The summed E-state index contributed by atoms with van der Waals surface area (Å²) in [6.07, 6.45) is 1.36. The van der Waals surface area contributed by atoms with Crippen molar-refractivity contribution in [1.29, 1.82) is 0 Å². The van der Waals surface area contributed by atoms with E-state index >= 15 is 0 Å². The first-order valence-electron chi connectivity index (χ1n) is 6.75. The van der Waals surface area contributed by atoms with Gasteiger partial charge in [-0.25, -0.2) is 0 Å². The lowest BCUT2D eigenvalue weighted by atomic mass is 9.87. The Kier molecular flexibility index (Phi) is 6.03. The first kappa shape index (κ1) is 15.7. The zero-order valence-electron chi connectivity index (χ0n) is 12.4. The average Bonchev–Trinajstić information content (AvgIpc) is 2.35. The molecule has 0 aromatic heterocycles. The Morgan fingerprint density at radius 1 is 1.26 bits per heavy atom. The molecular weight excluding hydrogens is 238 g/mol. The van der Waals surface area contributed by atoms with Crippen molar-refractivity contribution in [2.24, 2.45) is 5.41 Å². The Balaban J connectivity index is 2.56. The third kappa shape index (κ3) is 6.97. The fraction of sp³-hybridized carbons (Fsp3) is 0.562. The fourth-order valence-electron chi connectivity index (χ4n) is 2.10. The molecule has 1 atom stereocenters. The van der Waals surface area contributed by atoms with Gasteiger partial charge >= 0.3 is 5.97 Å². The van der Waals surface area contributed by atoms with E-state index in [2.05, 4.69) is 38.2 Å². The van der Waals surface area contributed by atoms with Gasteiger partial charge in [-0.15, -0.1) is 0 Å². The third-order valence-electron chi connectivity index (χ3n) is 2.94. The number of methoxy groups -OCH3 is 1. The van der Waals surface area contributed by atoms with Crippen LogP contribution in [0.25, 0.3) is 0 Å². The third-order valence-corrected chi connectivity index (χ3v) is 2.94. The van der Waals surface area contributed by atoms with Crippen LogP contribution in [-0.4, -0.2) is 19.1 Å². The molecule has 1 N–H and O–H groups in total. The lowest BCUT2D eigenvalue weighted by molar-refractivity contribution is -0.141. The Morgan fingerprint density at radius 2 is 1.89 bits per heavy atom. The number of nitrogens with one attached hydrogen (secondary N) is 1. The highest BCUT2D eigenvalue weighted by atomic mass is 16.5. The molecule has 0 amide bonds. The van der Waals surface area contributed by atoms with Crippen molar-refractivity contribution in [2.75, 3.05) is 7.11 Å². The van der Waals surface area contributed by atoms with Crippen LogP contribution < -0.4 is 5.32 Å². The second kappa shape index (κ2) is 7.29. The van der Waals surface area contributed by atoms with Gasteiger partial charge in [0, 0.05) is 12.6 Å². The van der Waals surface area contributed by atoms with E-state index in [1.165, 1.54) is 12.7 Å². The van der Waals surface area contributed by atoms with Gasteiger partial charge < -0.3 is 10.1 Å². The highest BCUT2D eigenvalue weighted by Gasteiger charge is 2.21. The highest BCUT2D eigenvalue weighted by molar-refractivity contribution is 5.69. The Bertz CT molecular complexity index is 381. The minimum Gasteiger partial charge on any atom is -0.469 e. The molecule has 0 saturated carbocycles. The Labute approximate surface area is 116 Å². The molecule has 3 heteroatoms. The van der Waals surface area contributed by atoms with Gasteiger partial charge in [-0.05, 0) is 17.4 Å². The minimum atomic E-state index is -0.158. The van der Waals surface area contributed by atoms with Crippen molar-refractivity contribution in [3.63, 3.8) is 0 Å². The number of hydrogen-bond donors (Lipinski definition) is 1. The van der Waals surface area contributed by atoms with E-state index in [1.54, 1.807) is 0 Å². The molecule has 1 aromatic carbocycles. The summed E-state index contributed by atoms with van der Waals surface area (Å²) in [5.41, 5.74) is 1.41. The molecule has 0 bridgehead atoms. The van der Waals surface area contributed by atoms with Crippen LogP contribution in [0.15, 0.2) is 30.3 Å². The van der Waals surface area contributed by atoms with Crippen LogP contribution in [0, 0.1) is 5.41 Å². The first-order valence-corrected chi connectivity index (χ1v) is 6.75. The molecule has 0 spiro atoms. The van der Waals surface area contributed by atoms with Gasteiger partial charge in [-0.2, -0.15) is 0 Å². The maximum Gasteiger partial charge on any atom is 0.307 e. The summed E-state index contributed by atoms with van der Waals surface area (Å²) in [5, 5.41) is 3.46. The lowest BCUT2D eigenvalue weighted by Gasteiger charge is -2.26. The van der Waals surface area contributed by atoms with Gasteiger partial charge in [0.25, 0.3) is 0 Å². The van der Waals surface area contributed by atoms with Crippen LogP contribution in [0.4, 0.5) is 0 Å². The first-order chi connectivity index (χ1) is 8.90. The maximum atomic E-state index is 11.5. The SMILES string of the molecule is COC(=O)CC(CC(C)(C)C)NCc1ccccc1. The van der Waals surface area contributed by atoms with Crippen molar-refractivity contribution < 1.29 is 9.53 Å². The van der Waals surface area contributed by atoms with Crippen LogP contribution in [0.3, 0.4) is 0 Å². The molecule has 0 heterocycles. The zero-order chi connectivity index (χ0) is 14.3. The van der Waals surface area contributed by atoms with Gasteiger partial charge in [-0.1, -0.05) is 51.1 Å². The van der Waals surface area contributed by atoms with E-state index in [0.29, 0.717) is 6.42 Å². The Hall–Kier alpha value is -1.35. The van der Waals surface area contributed by atoms with Crippen molar-refractivity contribution in [3.8, 4) is 0 Å². The number of ether oxygens (including phenoxy) is 1. The van der Waals surface area contributed by atoms with E-state index in [1.807, 2.05) is 18.2 Å². The number of carbonyl (C=O) groups excluding carboxylic acids is 1. The van der Waals surface area contributed by atoms with Crippen molar-refractivity contribution in [1.82, 2.24) is 5.32 Å². The molecule has 0 saturated heterocycles. The number of hydrogen-bond acceptors (Lipinski definition) is 3. The summed E-state index contributed by atoms with van der Waals surface area (Å²) in [6.45, 7) is 7.32. The van der Waals surface area contributed by atoms with E-state index in [4.69, 9.17) is 4.74 Å². The largest absolute Gasteiger partial charge is 0.469 e. The molecule has 1 rings (SSSR count). The molecule has 106 valence electrons. The smallest absolute Gasteiger partial charge is 0.307 e. The van der Waals surface area contributed by atoms with Crippen LogP contribution >= 0.6 is 0 Å². The van der Waals surface area contributed by atoms with Crippen molar-refractivity contribution in [3.05, 3.63) is 35.9 Å². The summed E-state index contributed by atoms with van der Waals surface area (Å²) in [7, 11) is 1.44. The number of rotatable bonds is 6. The molecule has 0 radical (unpaired) electrons. The molecular formula is C16H25NO2. The lowest BCUT2D eigenvalue weighted by Crippen LogP contribution is -2.34. The number of benzene rings is 1. The topological polar surface area (TPSA) is 38.3 Å². The normalized spacial score (nSPS) is 13.1. The molecule has 1 unspecified atom stereocenters. The van der Waals surface area contributed by atoms with Gasteiger partial charge in [0.05, 0.1) is 13.5 Å². The minimum absolute atomic E-state index is 0.146. The van der Waals surface area contributed by atoms with E-state index in [-0.39, 0.29) is 17.4 Å². The van der Waals surface area contributed by atoms with Gasteiger partial charge in [-0.3, -0.25) is 4.79 Å². The van der Waals surface area contributed by atoms with E-state index in [9.17, 15) is 4.79 Å². The second-order valence-corrected chi connectivity index (χ2v) is 6.11. The van der Waals surface area contributed by atoms with Crippen molar-refractivity contribution in [2.45, 2.75) is 46.2 Å². The van der Waals surface area contributed by atoms with Crippen molar-refractivity contribution >= 4 is 5.97 Å². The summed E-state index contributed by atoms with van der Waals surface area (Å²) in [6, 6.07) is 10.4. The predicted molar refractivity (Wildman–Crippen MR) is 77.8 cm³/mol. The maximum absolute atomic E-state index is 11.5. The molecule has 0 aliphatic heterocycles. The predicted octanol–water partition coefficient (Wildman–Crippen LogP) is 3.14. The van der Waals surface area contributed by atoms with E-state index in [0.717, 1.165) is 13.0 Å².